The Morgan fingerprint density at radius 3 is 1.57 bits per heavy atom. The van der Waals surface area contributed by atoms with Gasteiger partial charge in [0.2, 0.25) is 0 Å². The second-order valence-electron chi connectivity index (χ2n) is 17.4. The molecule has 0 aliphatic heterocycles. The fraction of sp³-hybridized carbons (Fsp3) is 0. The summed E-state index contributed by atoms with van der Waals surface area (Å²) in [6, 6.07) is 81.2. The van der Waals surface area contributed by atoms with Crippen LogP contribution in [0, 0.1) is 6.57 Å². The van der Waals surface area contributed by atoms with Crippen molar-refractivity contribution in [3.05, 3.63) is 242 Å². The smallest absolute Gasteiger partial charge is 0.187 e. The molecule has 0 radical (unpaired) electrons. The highest BCUT2D eigenvalue weighted by molar-refractivity contribution is 6.16. The van der Waals surface area contributed by atoms with Gasteiger partial charge >= 0.3 is 0 Å². The fourth-order valence-electron chi connectivity index (χ4n) is 10.3. The van der Waals surface area contributed by atoms with E-state index in [9.17, 15) is 0 Å². The molecule has 0 bridgehead atoms. The van der Waals surface area contributed by atoms with Crippen molar-refractivity contribution in [1.82, 2.24) is 15.0 Å². The molecule has 12 aromatic rings. The van der Waals surface area contributed by atoms with Crippen molar-refractivity contribution in [2.45, 2.75) is 0 Å². The van der Waals surface area contributed by atoms with E-state index in [4.69, 9.17) is 21.5 Å². The minimum Gasteiger partial charge on any atom is -0.238 e. The van der Waals surface area contributed by atoms with Crippen LogP contribution in [0.3, 0.4) is 0 Å². The van der Waals surface area contributed by atoms with Crippen molar-refractivity contribution in [1.29, 1.82) is 0 Å². The average Bonchev–Trinajstić information content (AvgIpc) is 3.74. The minimum absolute atomic E-state index is 0.595. The Labute approximate surface area is 394 Å². The maximum absolute atomic E-state index is 7.99. The first-order chi connectivity index (χ1) is 33.6. The molecular formula is C64H38N4. The van der Waals surface area contributed by atoms with Gasteiger partial charge in [0.25, 0.3) is 0 Å². The lowest BCUT2D eigenvalue weighted by Crippen LogP contribution is -2.01. The van der Waals surface area contributed by atoms with E-state index in [1.54, 1.807) is 0 Å². The predicted octanol–water partition coefficient (Wildman–Crippen LogP) is 17.2. The van der Waals surface area contributed by atoms with Crippen LogP contribution in [0.4, 0.5) is 5.69 Å². The molecule has 1 aliphatic carbocycles. The van der Waals surface area contributed by atoms with Gasteiger partial charge in [0, 0.05) is 16.7 Å². The Hall–Kier alpha value is -9.30. The molecule has 68 heavy (non-hydrogen) atoms. The normalized spacial score (nSPS) is 11.5. The van der Waals surface area contributed by atoms with Gasteiger partial charge in [0.15, 0.2) is 23.2 Å². The summed E-state index contributed by atoms with van der Waals surface area (Å²) in [6.07, 6.45) is 0. The lowest BCUT2D eigenvalue weighted by molar-refractivity contribution is 1.07. The summed E-state index contributed by atoms with van der Waals surface area (Å²) in [7, 11) is 0. The van der Waals surface area contributed by atoms with Crippen LogP contribution in [-0.2, 0) is 0 Å². The summed E-state index contributed by atoms with van der Waals surface area (Å²) in [6.45, 7) is 7.99. The Morgan fingerprint density at radius 2 is 0.794 bits per heavy atom. The maximum atomic E-state index is 7.99. The van der Waals surface area contributed by atoms with Gasteiger partial charge in [-0.2, -0.15) is 0 Å². The number of fused-ring (bicyclic) bond motifs is 6. The van der Waals surface area contributed by atoms with Crippen molar-refractivity contribution in [3.8, 4) is 101 Å². The largest absolute Gasteiger partial charge is 0.238 e. The molecule has 0 saturated heterocycles. The van der Waals surface area contributed by atoms with Crippen molar-refractivity contribution in [2.24, 2.45) is 0 Å². The van der Waals surface area contributed by atoms with Gasteiger partial charge in [0.1, 0.15) is 0 Å². The van der Waals surface area contributed by atoms with Crippen LogP contribution in [0.5, 0.6) is 0 Å². The minimum atomic E-state index is 0.595. The highest BCUT2D eigenvalue weighted by Gasteiger charge is 2.23. The molecule has 4 nitrogen and oxygen atoms in total. The molecule has 11 aromatic carbocycles. The summed E-state index contributed by atoms with van der Waals surface area (Å²) >= 11 is 0. The molecule has 13 rings (SSSR count). The van der Waals surface area contributed by atoms with Gasteiger partial charge in [-0.3, -0.25) is 0 Å². The number of hydrogen-bond donors (Lipinski definition) is 0. The Bertz CT molecular complexity index is 4050. The molecule has 0 fully saturated rings. The zero-order valence-electron chi connectivity index (χ0n) is 36.7. The summed E-state index contributed by atoms with van der Waals surface area (Å²) in [4.78, 5) is 19.5. The van der Waals surface area contributed by atoms with Crippen LogP contribution in [0.2, 0.25) is 0 Å². The van der Waals surface area contributed by atoms with Crippen LogP contribution < -0.4 is 0 Å². The lowest BCUT2D eigenvalue weighted by Gasteiger charge is -2.16. The van der Waals surface area contributed by atoms with Crippen LogP contribution in [0.25, 0.3) is 138 Å². The number of nitrogens with zero attached hydrogens (tertiary/aromatic N) is 4. The highest BCUT2D eigenvalue weighted by Crippen LogP contribution is 2.48. The fourth-order valence-corrected chi connectivity index (χ4v) is 10.3. The molecule has 314 valence electrons. The van der Waals surface area contributed by atoms with E-state index in [-0.39, 0.29) is 0 Å². The molecule has 0 unspecified atom stereocenters. The monoisotopic (exact) mass is 862 g/mol. The third-order valence-corrected chi connectivity index (χ3v) is 13.5. The Balaban J connectivity index is 0.916. The molecule has 0 saturated carbocycles. The molecule has 0 N–H and O–H groups in total. The van der Waals surface area contributed by atoms with Gasteiger partial charge in [-0.15, -0.1) is 0 Å². The van der Waals surface area contributed by atoms with Crippen LogP contribution in [0.15, 0.2) is 231 Å². The molecule has 0 spiro atoms. The number of rotatable bonds is 7. The lowest BCUT2D eigenvalue weighted by atomic mass is 9.89. The van der Waals surface area contributed by atoms with E-state index in [1.807, 2.05) is 36.4 Å². The van der Waals surface area contributed by atoms with Crippen molar-refractivity contribution in [3.63, 3.8) is 0 Å². The third-order valence-electron chi connectivity index (χ3n) is 13.5. The van der Waals surface area contributed by atoms with Crippen molar-refractivity contribution in [2.75, 3.05) is 0 Å². The second kappa shape index (κ2) is 16.0. The van der Waals surface area contributed by atoms with E-state index in [0.29, 0.717) is 23.2 Å². The van der Waals surface area contributed by atoms with Crippen LogP contribution in [-0.4, -0.2) is 15.0 Å². The standard InChI is InChI=1S/C64H38N4/c1-65-48-32-35-52(59(39-48)46-22-10-19-43(37-46)50-26-13-27-53-49-23-6-5-14-40(49)30-33-54(50)53)45-21-9-20-44(36-45)51-24-7-8-25-58(51)64-67-62(42-15-3-2-4-16-42)66-63(68-64)47-31-34-55-56-28-11-17-41-18-12-29-57(61(41)56)60(55)38-47/h2-39H. The SMILES string of the molecule is [C-]#[N+]c1ccc(-c2cccc(-c3ccccc3-c3nc(-c4ccccc4)nc(-c4ccc5c(c4)-c4cccc6cccc-5c46)n3)c2)c(-c2cccc(-c3cccc4c3ccc3ccccc34)c2)c1. The molecule has 0 amide bonds. The van der Waals surface area contributed by atoms with Gasteiger partial charge in [-0.25, -0.2) is 19.8 Å². The molecular weight excluding hydrogens is 825 g/mol. The Kier molecular flexibility index (Phi) is 9.20. The van der Waals surface area contributed by atoms with Crippen LogP contribution >= 0.6 is 0 Å². The van der Waals surface area contributed by atoms with Gasteiger partial charge in [-0.1, -0.05) is 206 Å². The van der Waals surface area contributed by atoms with E-state index in [2.05, 4.69) is 199 Å². The summed E-state index contributed by atoms with van der Waals surface area (Å²) in [5, 5.41) is 7.44. The van der Waals surface area contributed by atoms with E-state index in [1.165, 1.54) is 60.1 Å². The quantitative estimate of drug-likeness (QED) is 0.118. The molecule has 4 heteroatoms. The van der Waals surface area contributed by atoms with E-state index >= 15 is 0 Å². The zero-order valence-corrected chi connectivity index (χ0v) is 36.7. The molecule has 1 heterocycles. The summed E-state index contributed by atoms with van der Waals surface area (Å²) in [5.41, 5.74) is 16.7. The molecule has 1 aromatic heterocycles. The van der Waals surface area contributed by atoms with Gasteiger partial charge < -0.3 is 0 Å². The van der Waals surface area contributed by atoms with Crippen LogP contribution in [0.1, 0.15) is 0 Å². The first kappa shape index (κ1) is 39.1. The maximum Gasteiger partial charge on any atom is 0.187 e. The predicted molar refractivity (Wildman–Crippen MR) is 281 cm³/mol. The number of aromatic nitrogens is 3. The highest BCUT2D eigenvalue weighted by atomic mass is 15.0. The zero-order chi connectivity index (χ0) is 45.1. The summed E-state index contributed by atoms with van der Waals surface area (Å²) < 4.78 is 0. The summed E-state index contributed by atoms with van der Waals surface area (Å²) in [5.74, 6) is 1.83. The molecule has 0 atom stereocenters. The Morgan fingerprint density at radius 1 is 0.265 bits per heavy atom. The number of hydrogen-bond acceptors (Lipinski definition) is 3. The average molecular weight is 863 g/mol. The van der Waals surface area contributed by atoms with Crippen molar-refractivity contribution >= 4 is 38.0 Å². The van der Waals surface area contributed by atoms with Gasteiger partial charge in [-0.05, 0) is 123 Å². The molecule has 1 aliphatic rings. The van der Waals surface area contributed by atoms with E-state index in [0.717, 1.165) is 55.6 Å². The van der Waals surface area contributed by atoms with E-state index < -0.39 is 0 Å². The topological polar surface area (TPSA) is 43.0 Å². The van der Waals surface area contributed by atoms with Gasteiger partial charge in [0.05, 0.1) is 6.57 Å². The second-order valence-corrected chi connectivity index (χ2v) is 17.4. The first-order valence-electron chi connectivity index (χ1n) is 22.9. The first-order valence-corrected chi connectivity index (χ1v) is 22.9. The third kappa shape index (κ3) is 6.56. The number of benzene rings is 11. The van der Waals surface area contributed by atoms with Crippen molar-refractivity contribution < 1.29 is 0 Å².